The summed E-state index contributed by atoms with van der Waals surface area (Å²) in [6.45, 7) is 1.78. The van der Waals surface area contributed by atoms with Crippen LogP contribution in [0.2, 0.25) is 5.02 Å². The van der Waals surface area contributed by atoms with Gasteiger partial charge in [0.25, 0.3) is 11.6 Å². The molecule has 176 valence electrons. The molecule has 0 atom stereocenters. The second kappa shape index (κ2) is 10.3. The summed E-state index contributed by atoms with van der Waals surface area (Å²) in [5.41, 5.74) is 0.237. The van der Waals surface area contributed by atoms with Crippen molar-refractivity contribution in [3.05, 3.63) is 62.7 Å². The minimum absolute atomic E-state index is 0.00211. The lowest BCUT2D eigenvalue weighted by molar-refractivity contribution is -0.384. The van der Waals surface area contributed by atoms with Crippen LogP contribution in [-0.4, -0.2) is 49.2 Å². The molecule has 0 spiro atoms. The van der Waals surface area contributed by atoms with Crippen molar-refractivity contribution < 1.29 is 27.7 Å². The van der Waals surface area contributed by atoms with E-state index in [2.05, 4.69) is 5.32 Å². The zero-order valence-corrected chi connectivity index (χ0v) is 19.3. The third-order valence-corrected chi connectivity index (χ3v) is 7.38. The van der Waals surface area contributed by atoms with Gasteiger partial charge in [0.05, 0.1) is 26.1 Å². The molecule has 1 aliphatic heterocycles. The number of esters is 1. The molecule has 1 N–H and O–H groups in total. The maximum atomic E-state index is 12.9. The Bertz CT molecular complexity index is 1190. The van der Waals surface area contributed by atoms with Crippen LogP contribution in [0.4, 0.5) is 11.4 Å². The molecule has 0 aromatic heterocycles. The van der Waals surface area contributed by atoms with Gasteiger partial charge in [-0.25, -0.2) is 13.2 Å². The van der Waals surface area contributed by atoms with Gasteiger partial charge in [-0.3, -0.25) is 14.9 Å². The molecule has 33 heavy (non-hydrogen) atoms. The number of amides is 1. The van der Waals surface area contributed by atoms with Crippen LogP contribution >= 0.6 is 11.6 Å². The number of carbonyl (C=O) groups excluding carboxylic acids is 2. The van der Waals surface area contributed by atoms with Crippen LogP contribution in [0.5, 0.6) is 0 Å². The first-order chi connectivity index (χ1) is 15.6. The van der Waals surface area contributed by atoms with E-state index in [1.54, 1.807) is 6.92 Å². The third kappa shape index (κ3) is 5.86. The van der Waals surface area contributed by atoms with Crippen LogP contribution < -0.4 is 5.32 Å². The van der Waals surface area contributed by atoms with Gasteiger partial charge in [-0.15, -0.1) is 0 Å². The Morgan fingerprint density at radius 3 is 2.52 bits per heavy atom. The lowest BCUT2D eigenvalue weighted by Crippen LogP contribution is -2.35. The predicted octanol–water partition coefficient (Wildman–Crippen LogP) is 3.53. The summed E-state index contributed by atoms with van der Waals surface area (Å²) in [7, 11) is -3.75. The number of benzene rings is 2. The molecule has 1 saturated heterocycles. The summed E-state index contributed by atoms with van der Waals surface area (Å²) >= 11 is 5.94. The first-order valence-corrected chi connectivity index (χ1v) is 11.9. The second-order valence-electron chi connectivity index (χ2n) is 7.49. The fraction of sp³-hybridized carbons (Fsp3) is 0.333. The third-order valence-electron chi connectivity index (χ3n) is 5.15. The molecule has 2 aromatic carbocycles. The van der Waals surface area contributed by atoms with E-state index in [1.165, 1.54) is 34.6 Å². The van der Waals surface area contributed by atoms with Crippen molar-refractivity contribution in [2.45, 2.75) is 31.1 Å². The molecule has 10 nitrogen and oxygen atoms in total. The van der Waals surface area contributed by atoms with Crippen molar-refractivity contribution in [3.8, 4) is 0 Å². The lowest BCUT2D eigenvalue weighted by Gasteiger charge is -2.26. The summed E-state index contributed by atoms with van der Waals surface area (Å²) in [5.74, 6) is -1.64. The molecular formula is C21H22ClN3O7S. The highest BCUT2D eigenvalue weighted by atomic mass is 35.5. The predicted molar refractivity (Wildman–Crippen MR) is 121 cm³/mol. The monoisotopic (exact) mass is 495 g/mol. The van der Waals surface area contributed by atoms with Gasteiger partial charge in [0.1, 0.15) is 0 Å². The number of anilines is 1. The van der Waals surface area contributed by atoms with E-state index in [9.17, 15) is 28.1 Å². The number of nitrogens with one attached hydrogen (secondary N) is 1. The van der Waals surface area contributed by atoms with Gasteiger partial charge in [-0.1, -0.05) is 24.1 Å². The van der Waals surface area contributed by atoms with Crippen LogP contribution in [0.1, 0.15) is 35.2 Å². The Kier molecular flexibility index (Phi) is 7.67. The molecular weight excluding hydrogens is 474 g/mol. The molecule has 0 saturated carbocycles. The molecule has 12 heteroatoms. The smallest absolute Gasteiger partial charge is 0.338 e. The van der Waals surface area contributed by atoms with Gasteiger partial charge in [0.15, 0.2) is 6.61 Å². The van der Waals surface area contributed by atoms with Crippen molar-refractivity contribution >= 4 is 44.9 Å². The molecule has 3 rings (SSSR count). The van der Waals surface area contributed by atoms with Crippen LogP contribution in [0.3, 0.4) is 0 Å². The number of carbonyl (C=O) groups is 2. The number of nitro benzene ring substituents is 1. The van der Waals surface area contributed by atoms with Crippen LogP contribution in [0.25, 0.3) is 0 Å². The number of sulfonamides is 1. The fourth-order valence-electron chi connectivity index (χ4n) is 3.35. The molecule has 1 fully saturated rings. The second-order valence-corrected chi connectivity index (χ2v) is 9.83. The zero-order chi connectivity index (χ0) is 24.2. The van der Waals surface area contributed by atoms with Crippen molar-refractivity contribution in [2.24, 2.45) is 0 Å². The first-order valence-electron chi connectivity index (χ1n) is 10.1. The Hall–Kier alpha value is -3.02. The van der Waals surface area contributed by atoms with E-state index in [4.69, 9.17) is 16.3 Å². The van der Waals surface area contributed by atoms with Crippen LogP contribution in [0.15, 0.2) is 41.3 Å². The van der Waals surface area contributed by atoms with Crippen LogP contribution in [-0.2, 0) is 19.6 Å². The summed E-state index contributed by atoms with van der Waals surface area (Å²) in [6, 6.07) is 7.73. The van der Waals surface area contributed by atoms with Gasteiger partial charge < -0.3 is 10.1 Å². The number of halogens is 1. The highest BCUT2D eigenvalue weighted by molar-refractivity contribution is 7.89. The van der Waals surface area contributed by atoms with E-state index in [-0.39, 0.29) is 26.9 Å². The maximum Gasteiger partial charge on any atom is 0.338 e. The number of piperidine rings is 1. The summed E-state index contributed by atoms with van der Waals surface area (Å²) in [5, 5.41) is 13.3. The van der Waals surface area contributed by atoms with Crippen molar-refractivity contribution in [2.75, 3.05) is 25.0 Å². The summed E-state index contributed by atoms with van der Waals surface area (Å²) < 4.78 is 32.2. The molecule has 0 unspecified atom stereocenters. The number of nitrogens with zero attached hydrogens (tertiary/aromatic N) is 2. The normalized spacial score (nSPS) is 14.5. The number of rotatable bonds is 7. The van der Waals surface area contributed by atoms with Crippen molar-refractivity contribution in [3.63, 3.8) is 0 Å². The Morgan fingerprint density at radius 2 is 1.85 bits per heavy atom. The average Bonchev–Trinajstić information content (AvgIpc) is 2.79. The van der Waals surface area contributed by atoms with E-state index in [0.717, 1.165) is 25.3 Å². The number of nitro groups is 1. The van der Waals surface area contributed by atoms with Gasteiger partial charge in [0.2, 0.25) is 10.0 Å². The number of hydrogen-bond donors (Lipinski definition) is 1. The SMILES string of the molecule is Cc1ccc(S(=O)(=O)N2CCCCC2)cc1C(=O)OCC(=O)Nc1cc([N+](=O)[O-])ccc1Cl. The van der Waals surface area contributed by atoms with Gasteiger partial charge in [-0.05, 0) is 43.5 Å². The molecule has 0 radical (unpaired) electrons. The van der Waals surface area contributed by atoms with Crippen LogP contribution in [0, 0.1) is 17.0 Å². The molecule has 2 aromatic rings. The number of non-ortho nitro benzene ring substituents is 1. The Balaban J connectivity index is 1.69. The molecule has 1 amide bonds. The number of ether oxygens (including phenoxy) is 1. The highest BCUT2D eigenvalue weighted by Gasteiger charge is 2.27. The van der Waals surface area contributed by atoms with Gasteiger partial charge in [-0.2, -0.15) is 4.31 Å². The minimum atomic E-state index is -3.75. The van der Waals surface area contributed by atoms with Gasteiger partial charge in [0, 0.05) is 25.2 Å². The number of aryl methyl sites for hydroxylation is 1. The Labute approximate surface area is 195 Å². The van der Waals surface area contributed by atoms with Crippen molar-refractivity contribution in [1.29, 1.82) is 0 Å². The topological polar surface area (TPSA) is 136 Å². The lowest BCUT2D eigenvalue weighted by atomic mass is 10.1. The van der Waals surface area contributed by atoms with E-state index >= 15 is 0 Å². The summed E-state index contributed by atoms with van der Waals surface area (Å²) in [4.78, 5) is 35.0. The van der Waals surface area contributed by atoms with Gasteiger partial charge >= 0.3 is 5.97 Å². The molecule has 1 aliphatic rings. The standard InChI is InChI=1S/C21H22ClN3O7S/c1-14-5-7-16(33(30,31)24-9-3-2-4-10-24)12-17(14)21(27)32-13-20(26)23-19-11-15(25(28)29)6-8-18(19)22/h5-8,11-12H,2-4,9-10,13H2,1H3,(H,23,26). The quantitative estimate of drug-likeness (QED) is 0.352. The highest BCUT2D eigenvalue weighted by Crippen LogP contribution is 2.27. The van der Waals surface area contributed by atoms with E-state index in [1.807, 2.05) is 0 Å². The van der Waals surface area contributed by atoms with E-state index in [0.29, 0.717) is 18.7 Å². The molecule has 0 bridgehead atoms. The fourth-order valence-corrected chi connectivity index (χ4v) is 5.06. The largest absolute Gasteiger partial charge is 0.452 e. The zero-order valence-electron chi connectivity index (χ0n) is 17.7. The van der Waals surface area contributed by atoms with Crippen molar-refractivity contribution in [1.82, 2.24) is 4.31 Å². The maximum absolute atomic E-state index is 12.9. The molecule has 0 aliphatic carbocycles. The minimum Gasteiger partial charge on any atom is -0.452 e. The average molecular weight is 496 g/mol. The molecule has 1 heterocycles. The Morgan fingerprint density at radius 1 is 1.15 bits per heavy atom. The summed E-state index contributed by atoms with van der Waals surface area (Å²) in [6.07, 6.45) is 2.54. The van der Waals surface area contributed by atoms with E-state index < -0.39 is 33.4 Å². The first kappa shape index (κ1) is 24.6. The number of hydrogen-bond acceptors (Lipinski definition) is 7.